The van der Waals surface area contributed by atoms with Gasteiger partial charge in [0.2, 0.25) is 27.7 Å². The number of rotatable bonds is 10. The minimum absolute atomic E-state index is 0.00950. The molecule has 5 atom stereocenters. The van der Waals surface area contributed by atoms with Crippen LogP contribution in [0.5, 0.6) is 0 Å². The summed E-state index contributed by atoms with van der Waals surface area (Å²) in [6.45, 7) is 10.7. The Morgan fingerprint density at radius 2 is 1.56 bits per heavy atom. The second-order valence-corrected chi connectivity index (χ2v) is 18.5. The minimum atomic E-state index is -3.90. The fraction of sp³-hybridized carbons (Fsp3) is 0.525. The number of aromatic nitrogens is 1. The lowest BCUT2D eigenvalue weighted by Gasteiger charge is -2.36. The first-order chi connectivity index (χ1) is 25.6. The molecule has 3 N–H and O–H groups in total. The third-order valence-electron chi connectivity index (χ3n) is 11.7. The molecular weight excluding hydrogens is 709 g/mol. The Hall–Kier alpha value is -4.72. The predicted molar refractivity (Wildman–Crippen MR) is 205 cm³/mol. The smallest absolute Gasteiger partial charge is 0.326 e. The number of fused-ring (bicyclic) bond motifs is 3. The lowest BCUT2D eigenvalue weighted by molar-refractivity contribution is -0.148. The summed E-state index contributed by atoms with van der Waals surface area (Å²) in [5.74, 6) is -3.28. The Morgan fingerprint density at radius 1 is 0.944 bits per heavy atom. The number of nitrogens with one attached hydrogen (secondary N) is 3. The van der Waals surface area contributed by atoms with Crippen molar-refractivity contribution in [3.63, 3.8) is 0 Å². The van der Waals surface area contributed by atoms with Crippen LogP contribution in [0.4, 0.5) is 4.79 Å². The van der Waals surface area contributed by atoms with Crippen LogP contribution in [0.25, 0.3) is 21.8 Å². The van der Waals surface area contributed by atoms with Gasteiger partial charge in [0.15, 0.2) is 0 Å². The highest BCUT2D eigenvalue weighted by atomic mass is 32.2. The Labute approximate surface area is 315 Å². The summed E-state index contributed by atoms with van der Waals surface area (Å²) in [6.07, 6.45) is 5.46. The summed E-state index contributed by atoms with van der Waals surface area (Å²) in [5, 5.41) is 7.07. The normalized spacial score (nSPS) is 24.9. The van der Waals surface area contributed by atoms with E-state index >= 15 is 0 Å². The molecule has 0 radical (unpaired) electrons. The van der Waals surface area contributed by atoms with E-state index in [2.05, 4.69) is 21.9 Å². The van der Waals surface area contributed by atoms with Gasteiger partial charge in [0.1, 0.15) is 11.6 Å². The van der Waals surface area contributed by atoms with Gasteiger partial charge in [-0.1, -0.05) is 63.2 Å². The highest BCUT2D eigenvalue weighted by molar-refractivity contribution is 7.91. The number of carbonyl (C=O) groups is 5. The molecule has 4 fully saturated rings. The molecule has 0 bridgehead atoms. The highest BCUT2D eigenvalue weighted by Gasteiger charge is 2.62. The highest BCUT2D eigenvalue weighted by Crippen LogP contribution is 2.46. The van der Waals surface area contributed by atoms with Gasteiger partial charge in [0.05, 0.1) is 28.2 Å². The van der Waals surface area contributed by atoms with E-state index in [-0.39, 0.29) is 31.7 Å². The van der Waals surface area contributed by atoms with Crippen molar-refractivity contribution >= 4 is 61.5 Å². The second-order valence-electron chi connectivity index (χ2n) is 16.5. The molecule has 54 heavy (non-hydrogen) atoms. The van der Waals surface area contributed by atoms with E-state index in [0.717, 1.165) is 30.0 Å². The average molecular weight is 759 g/mol. The number of piperidine rings is 1. The van der Waals surface area contributed by atoms with Crippen LogP contribution >= 0.6 is 0 Å². The molecule has 3 aromatic rings. The molecule has 7 rings (SSSR count). The molecule has 2 aliphatic heterocycles. The molecule has 1 aromatic heterocycles. The average Bonchev–Trinajstić information content (AvgIpc) is 4.05. The van der Waals surface area contributed by atoms with Gasteiger partial charge in [-0.15, -0.1) is 6.58 Å². The number of benzene rings is 2. The summed E-state index contributed by atoms with van der Waals surface area (Å²) in [7, 11) is -3.90. The number of hydrogen-bond donors (Lipinski definition) is 3. The summed E-state index contributed by atoms with van der Waals surface area (Å²) in [4.78, 5) is 73.6. The van der Waals surface area contributed by atoms with E-state index in [1.165, 1.54) is 11.0 Å². The molecular formula is C40H50N6O7S. The number of carbonyl (C=O) groups excluding carboxylic acids is 5. The molecule has 288 valence electrons. The van der Waals surface area contributed by atoms with Crippen LogP contribution in [-0.4, -0.2) is 95.0 Å². The van der Waals surface area contributed by atoms with Crippen LogP contribution in [0.2, 0.25) is 0 Å². The van der Waals surface area contributed by atoms with E-state index in [1.54, 1.807) is 9.47 Å². The van der Waals surface area contributed by atoms with E-state index in [1.807, 2.05) is 69.3 Å². The molecule has 14 heteroatoms. The van der Waals surface area contributed by atoms with Crippen LogP contribution < -0.4 is 15.4 Å². The Kier molecular flexibility index (Phi) is 9.86. The number of likely N-dealkylation sites (tertiary alicyclic amines) is 2. The lowest BCUT2D eigenvalue weighted by Crippen LogP contribution is -2.57. The molecule has 5 amide bonds. The Balaban J connectivity index is 1.18. The molecule has 2 unspecified atom stereocenters. The number of amides is 5. The van der Waals surface area contributed by atoms with Gasteiger partial charge in [0, 0.05) is 42.7 Å². The molecule has 3 heterocycles. The van der Waals surface area contributed by atoms with Crippen molar-refractivity contribution in [2.24, 2.45) is 17.3 Å². The van der Waals surface area contributed by atoms with Gasteiger partial charge in [-0.3, -0.25) is 28.5 Å². The Bertz CT molecular complexity index is 2080. The first-order valence-electron chi connectivity index (χ1n) is 19.0. The summed E-state index contributed by atoms with van der Waals surface area (Å²) < 4.78 is 29.2. The number of hydrogen-bond acceptors (Lipinski definition) is 7. The molecule has 0 spiro atoms. The van der Waals surface area contributed by atoms with E-state index in [4.69, 9.17) is 0 Å². The van der Waals surface area contributed by atoms with Crippen LogP contribution in [0.1, 0.15) is 72.1 Å². The number of para-hydroxylation sites is 2. The van der Waals surface area contributed by atoms with Crippen molar-refractivity contribution in [3.05, 3.63) is 61.2 Å². The van der Waals surface area contributed by atoms with E-state index in [9.17, 15) is 32.4 Å². The van der Waals surface area contributed by atoms with Gasteiger partial charge in [-0.2, -0.15) is 0 Å². The zero-order valence-corrected chi connectivity index (χ0v) is 32.0. The fourth-order valence-electron chi connectivity index (χ4n) is 8.24. The molecule has 4 aliphatic rings. The fourth-order valence-corrected chi connectivity index (χ4v) is 9.61. The predicted octanol–water partition coefficient (Wildman–Crippen LogP) is 4.06. The van der Waals surface area contributed by atoms with Crippen LogP contribution in [0.15, 0.2) is 61.2 Å². The van der Waals surface area contributed by atoms with Crippen molar-refractivity contribution in [1.29, 1.82) is 0 Å². The SMILES string of the molecule is C=CC1CC1(NC(=O)[C@@H]1C[C@@H](NC(=O)n2c3ccccc3c3ccccc32)CN1C(=O)[C@@H](CC(=O)N1CCCCC1)C(C)(C)C)C(=O)NS(=O)(=O)C1CC1. The molecule has 2 saturated carbocycles. The standard InChI is InChI=1S/C40H50N6O7S/c1-5-25-23-40(25,37(50)43-54(52,53)27-17-18-27)42-35(48)33-21-26(41-38(51)46-31-15-9-7-13-28(31)29-14-8-10-16-32(29)46)24-45(33)36(49)30(39(2,3)4)22-34(47)44-19-11-6-12-20-44/h5,7-10,13-16,25-27,30,33H,1,6,11-12,17-24H2,2-4H3,(H,41,51)(H,42,48)(H,43,50)/t25?,26-,30-,33+,40?/m1/s1. The zero-order valence-electron chi connectivity index (χ0n) is 31.2. The Morgan fingerprint density at radius 3 is 2.11 bits per heavy atom. The van der Waals surface area contributed by atoms with Crippen molar-refractivity contribution in [2.45, 2.75) is 95.0 Å². The van der Waals surface area contributed by atoms with Gasteiger partial charge in [0.25, 0.3) is 5.91 Å². The summed E-state index contributed by atoms with van der Waals surface area (Å²) in [5.41, 5.74) is -0.790. The van der Waals surface area contributed by atoms with E-state index < -0.39 is 73.9 Å². The monoisotopic (exact) mass is 758 g/mol. The van der Waals surface area contributed by atoms with Crippen LogP contribution in [0.3, 0.4) is 0 Å². The summed E-state index contributed by atoms with van der Waals surface area (Å²) in [6, 6.07) is 13.0. The molecule has 13 nitrogen and oxygen atoms in total. The number of nitrogens with zero attached hydrogens (tertiary/aromatic N) is 3. The second kappa shape index (κ2) is 14.2. The van der Waals surface area contributed by atoms with Crippen LogP contribution in [0, 0.1) is 17.3 Å². The van der Waals surface area contributed by atoms with Crippen molar-refractivity contribution in [2.75, 3.05) is 19.6 Å². The molecule has 2 saturated heterocycles. The first-order valence-corrected chi connectivity index (χ1v) is 20.6. The van der Waals surface area contributed by atoms with Crippen molar-refractivity contribution in [1.82, 2.24) is 29.7 Å². The van der Waals surface area contributed by atoms with Crippen LogP contribution in [-0.2, 0) is 29.2 Å². The largest absolute Gasteiger partial charge is 0.343 e. The van der Waals surface area contributed by atoms with Gasteiger partial charge < -0.3 is 20.4 Å². The lowest BCUT2D eigenvalue weighted by atomic mass is 9.77. The maximum atomic E-state index is 14.7. The minimum Gasteiger partial charge on any atom is -0.343 e. The van der Waals surface area contributed by atoms with Gasteiger partial charge in [-0.25, -0.2) is 13.2 Å². The third kappa shape index (κ3) is 7.12. The number of sulfonamides is 1. The van der Waals surface area contributed by atoms with Crippen molar-refractivity contribution < 1.29 is 32.4 Å². The summed E-state index contributed by atoms with van der Waals surface area (Å²) >= 11 is 0. The maximum absolute atomic E-state index is 14.7. The van der Waals surface area contributed by atoms with E-state index in [0.29, 0.717) is 37.0 Å². The zero-order chi connectivity index (χ0) is 38.6. The maximum Gasteiger partial charge on any atom is 0.326 e. The van der Waals surface area contributed by atoms with Crippen molar-refractivity contribution in [3.8, 4) is 0 Å². The quantitative estimate of drug-likeness (QED) is 0.262. The van der Waals surface area contributed by atoms with Gasteiger partial charge >= 0.3 is 6.03 Å². The first kappa shape index (κ1) is 37.6. The van der Waals surface area contributed by atoms with Gasteiger partial charge in [-0.05, 0) is 62.5 Å². The molecule has 2 aromatic carbocycles. The molecule has 2 aliphatic carbocycles. The topological polar surface area (TPSA) is 167 Å². The third-order valence-corrected chi connectivity index (χ3v) is 13.5.